The van der Waals surface area contributed by atoms with Gasteiger partial charge >= 0.3 is 0 Å². The minimum Gasteiger partial charge on any atom is -0.264 e. The Kier molecular flexibility index (Phi) is 5.12. The molecule has 0 aliphatic heterocycles. The Hall–Kier alpha value is -0.980. The molecule has 20 heavy (non-hydrogen) atoms. The van der Waals surface area contributed by atoms with E-state index >= 15 is 0 Å². The fourth-order valence-electron chi connectivity index (χ4n) is 2.65. The highest BCUT2D eigenvalue weighted by Gasteiger charge is 2.28. The van der Waals surface area contributed by atoms with Crippen LogP contribution in [0.1, 0.15) is 50.6 Å². The van der Waals surface area contributed by atoms with Gasteiger partial charge in [0.15, 0.2) is 0 Å². The van der Waals surface area contributed by atoms with Gasteiger partial charge in [0.1, 0.15) is 0 Å². The zero-order chi connectivity index (χ0) is 14.6. The van der Waals surface area contributed by atoms with Crippen molar-refractivity contribution in [3.63, 3.8) is 0 Å². The summed E-state index contributed by atoms with van der Waals surface area (Å²) >= 11 is 0. The molecule has 5 nitrogen and oxygen atoms in total. The topological polar surface area (TPSA) is 62.3 Å². The molecule has 112 valence electrons. The first-order chi connectivity index (χ1) is 9.50. The van der Waals surface area contributed by atoms with Crippen molar-refractivity contribution < 1.29 is 8.42 Å². The number of rotatable bonds is 5. The van der Waals surface area contributed by atoms with E-state index in [1.54, 1.807) is 19.4 Å². The van der Waals surface area contributed by atoms with Gasteiger partial charge in [0.25, 0.3) is 10.2 Å². The lowest BCUT2D eigenvalue weighted by atomic mass is 9.96. The van der Waals surface area contributed by atoms with E-state index in [4.69, 9.17) is 0 Å². The predicted molar refractivity (Wildman–Crippen MR) is 79.3 cm³/mol. The van der Waals surface area contributed by atoms with Crippen molar-refractivity contribution in [1.29, 1.82) is 0 Å². The summed E-state index contributed by atoms with van der Waals surface area (Å²) in [5.41, 5.74) is 0.869. The maximum atomic E-state index is 12.4. The number of hydrogen-bond donors (Lipinski definition) is 1. The molecule has 0 amide bonds. The smallest absolute Gasteiger partial charge is 0.264 e. The summed E-state index contributed by atoms with van der Waals surface area (Å²) in [5.74, 6) is 0. The van der Waals surface area contributed by atoms with Crippen molar-refractivity contribution >= 4 is 10.2 Å². The maximum absolute atomic E-state index is 12.4. The van der Waals surface area contributed by atoms with E-state index in [1.165, 1.54) is 10.7 Å². The molecule has 1 aromatic heterocycles. The molecule has 0 saturated heterocycles. The molecule has 1 heterocycles. The van der Waals surface area contributed by atoms with Crippen LogP contribution >= 0.6 is 0 Å². The predicted octanol–water partition coefficient (Wildman–Crippen LogP) is 2.24. The average Bonchev–Trinajstić information content (AvgIpc) is 2.48. The van der Waals surface area contributed by atoms with Crippen molar-refractivity contribution in [3.8, 4) is 0 Å². The summed E-state index contributed by atoms with van der Waals surface area (Å²) in [6, 6.07) is 3.54. The van der Waals surface area contributed by atoms with Gasteiger partial charge in [0.2, 0.25) is 0 Å². The molecule has 1 saturated carbocycles. The van der Waals surface area contributed by atoms with Gasteiger partial charge < -0.3 is 0 Å². The SMILES string of the molecule is CC(NS(=O)(=O)N(C)C1CCCCC1)c1cccnc1. The van der Waals surface area contributed by atoms with Gasteiger partial charge in [-0.15, -0.1) is 0 Å². The molecule has 6 heteroatoms. The summed E-state index contributed by atoms with van der Waals surface area (Å²) < 4.78 is 29.0. The number of pyridine rings is 1. The summed E-state index contributed by atoms with van der Waals surface area (Å²) in [4.78, 5) is 4.02. The largest absolute Gasteiger partial charge is 0.279 e. The van der Waals surface area contributed by atoms with Crippen molar-refractivity contribution in [2.75, 3.05) is 7.05 Å². The highest BCUT2D eigenvalue weighted by atomic mass is 32.2. The molecule has 0 bridgehead atoms. The standard InChI is InChI=1S/C14H23N3O2S/c1-12(13-7-6-10-15-11-13)16-20(18,19)17(2)14-8-4-3-5-9-14/h6-7,10-12,14,16H,3-5,8-9H2,1-2H3. The monoisotopic (exact) mass is 297 g/mol. The minimum atomic E-state index is -3.45. The van der Waals surface area contributed by atoms with Crippen LogP contribution in [0.15, 0.2) is 24.5 Å². The second-order valence-corrected chi connectivity index (χ2v) is 7.20. The molecule has 1 unspecified atom stereocenters. The van der Waals surface area contributed by atoms with Crippen molar-refractivity contribution in [1.82, 2.24) is 14.0 Å². The Labute approximate surface area is 121 Å². The number of aromatic nitrogens is 1. The number of nitrogens with one attached hydrogen (secondary N) is 1. The van der Waals surface area contributed by atoms with E-state index in [9.17, 15) is 8.42 Å². The lowest BCUT2D eigenvalue weighted by Crippen LogP contribution is -2.45. The van der Waals surface area contributed by atoms with Gasteiger partial charge in [-0.1, -0.05) is 25.3 Å². The van der Waals surface area contributed by atoms with E-state index in [0.29, 0.717) is 0 Å². The Morgan fingerprint density at radius 2 is 2.05 bits per heavy atom. The molecule has 0 spiro atoms. The Bertz CT molecular complexity index is 512. The molecular formula is C14H23N3O2S. The van der Waals surface area contributed by atoms with E-state index in [-0.39, 0.29) is 12.1 Å². The highest BCUT2D eigenvalue weighted by molar-refractivity contribution is 7.87. The van der Waals surface area contributed by atoms with E-state index < -0.39 is 10.2 Å². The maximum Gasteiger partial charge on any atom is 0.279 e. The fourth-order valence-corrected chi connectivity index (χ4v) is 4.00. The normalized spacial score (nSPS) is 19.1. The third kappa shape index (κ3) is 3.77. The molecule has 2 rings (SSSR count). The third-order valence-corrected chi connectivity index (χ3v) is 5.69. The van der Waals surface area contributed by atoms with Crippen molar-refractivity contribution in [3.05, 3.63) is 30.1 Å². The van der Waals surface area contributed by atoms with Crippen molar-refractivity contribution in [2.45, 2.75) is 51.1 Å². The van der Waals surface area contributed by atoms with Crippen LogP contribution in [-0.4, -0.2) is 30.8 Å². The Morgan fingerprint density at radius 3 is 2.65 bits per heavy atom. The Balaban J connectivity index is 2.02. The molecule has 0 aromatic carbocycles. The second-order valence-electron chi connectivity index (χ2n) is 5.44. The van der Waals surface area contributed by atoms with Gasteiger partial charge in [-0.05, 0) is 31.4 Å². The molecule has 0 radical (unpaired) electrons. The lowest BCUT2D eigenvalue weighted by Gasteiger charge is -2.31. The van der Waals surface area contributed by atoms with Gasteiger partial charge in [-0.3, -0.25) is 4.98 Å². The first kappa shape index (κ1) is 15.4. The summed E-state index contributed by atoms with van der Waals surface area (Å²) in [6.07, 6.45) is 8.72. The van der Waals surface area contributed by atoms with Crippen LogP contribution in [0.2, 0.25) is 0 Å². The molecule has 1 fully saturated rings. The first-order valence-corrected chi connectivity index (χ1v) is 8.60. The van der Waals surface area contributed by atoms with Gasteiger partial charge in [0, 0.05) is 31.5 Å². The summed E-state index contributed by atoms with van der Waals surface area (Å²) in [6.45, 7) is 1.84. The van der Waals surface area contributed by atoms with Crippen LogP contribution < -0.4 is 4.72 Å². The van der Waals surface area contributed by atoms with Gasteiger partial charge in [-0.2, -0.15) is 17.4 Å². The fraction of sp³-hybridized carbons (Fsp3) is 0.643. The zero-order valence-electron chi connectivity index (χ0n) is 12.1. The molecular weight excluding hydrogens is 274 g/mol. The van der Waals surface area contributed by atoms with Crippen molar-refractivity contribution in [2.24, 2.45) is 0 Å². The van der Waals surface area contributed by atoms with Gasteiger partial charge in [0.05, 0.1) is 0 Å². The molecule has 1 aliphatic carbocycles. The quantitative estimate of drug-likeness (QED) is 0.906. The minimum absolute atomic E-state index is 0.127. The van der Waals surface area contributed by atoms with Crippen LogP contribution in [0.5, 0.6) is 0 Å². The number of nitrogens with zero attached hydrogens (tertiary/aromatic N) is 2. The van der Waals surface area contributed by atoms with Crippen LogP contribution in [0.25, 0.3) is 0 Å². The van der Waals surface area contributed by atoms with E-state index in [2.05, 4.69) is 9.71 Å². The average molecular weight is 297 g/mol. The highest BCUT2D eigenvalue weighted by Crippen LogP contribution is 2.24. The first-order valence-electron chi connectivity index (χ1n) is 7.16. The number of hydrogen-bond acceptors (Lipinski definition) is 3. The molecule has 1 N–H and O–H groups in total. The van der Waals surface area contributed by atoms with Crippen LogP contribution in [0.4, 0.5) is 0 Å². The van der Waals surface area contributed by atoms with Gasteiger partial charge in [-0.25, -0.2) is 0 Å². The molecule has 1 atom stereocenters. The second kappa shape index (κ2) is 6.65. The summed E-state index contributed by atoms with van der Waals surface area (Å²) in [5, 5.41) is 0. The zero-order valence-corrected chi connectivity index (χ0v) is 12.9. The van der Waals surface area contributed by atoms with Crippen LogP contribution in [-0.2, 0) is 10.2 Å². The molecule has 1 aliphatic rings. The Morgan fingerprint density at radius 1 is 1.35 bits per heavy atom. The molecule has 1 aromatic rings. The van der Waals surface area contributed by atoms with Crippen LogP contribution in [0, 0.1) is 0 Å². The van der Waals surface area contributed by atoms with E-state index in [1.807, 2.05) is 19.1 Å². The third-order valence-electron chi connectivity index (χ3n) is 3.98. The van der Waals surface area contributed by atoms with E-state index in [0.717, 1.165) is 31.2 Å². The lowest BCUT2D eigenvalue weighted by molar-refractivity contribution is 0.281. The summed E-state index contributed by atoms with van der Waals surface area (Å²) in [7, 11) is -1.78. The van der Waals surface area contributed by atoms with Crippen LogP contribution in [0.3, 0.4) is 0 Å².